The largest absolute Gasteiger partial charge is 0.466 e. The lowest BCUT2D eigenvalue weighted by molar-refractivity contribution is -0.143. The van der Waals surface area contributed by atoms with Crippen LogP contribution in [-0.2, 0) is 22.4 Å². The maximum absolute atomic E-state index is 11.7. The summed E-state index contributed by atoms with van der Waals surface area (Å²) in [5.41, 5.74) is 2.28. The average molecular weight is 337 g/mol. The smallest absolute Gasteiger partial charge is 0.306 e. The summed E-state index contributed by atoms with van der Waals surface area (Å²) >= 11 is 11.7. The van der Waals surface area contributed by atoms with Gasteiger partial charge in [-0.1, -0.05) is 47.5 Å². The fraction of sp³-hybridized carbons (Fsp3) is 0.278. The molecule has 0 unspecified atom stereocenters. The summed E-state index contributed by atoms with van der Waals surface area (Å²) in [6, 6.07) is 15.2. The van der Waals surface area contributed by atoms with Gasteiger partial charge in [0.25, 0.3) is 0 Å². The molecule has 2 nitrogen and oxygen atoms in total. The molecule has 116 valence electrons. The number of rotatable bonds is 7. The van der Waals surface area contributed by atoms with E-state index in [1.165, 1.54) is 5.56 Å². The molecule has 0 saturated heterocycles. The van der Waals surface area contributed by atoms with E-state index in [1.807, 2.05) is 48.5 Å². The van der Waals surface area contributed by atoms with Gasteiger partial charge in [-0.25, -0.2) is 0 Å². The standard InChI is InChI=1S/C18H18Cl2O2/c19-16-8-3-14(4-9-16)2-1-13-22-18(21)12-7-15-5-10-17(20)11-6-15/h3-6,8-11H,1-2,7,12-13H2. The molecule has 0 heterocycles. The van der Waals surface area contributed by atoms with Crippen LogP contribution in [0.1, 0.15) is 24.0 Å². The lowest BCUT2D eigenvalue weighted by Gasteiger charge is -2.05. The van der Waals surface area contributed by atoms with Gasteiger partial charge in [-0.15, -0.1) is 0 Å². The Morgan fingerprint density at radius 2 is 1.32 bits per heavy atom. The Morgan fingerprint density at radius 3 is 1.86 bits per heavy atom. The SMILES string of the molecule is O=C(CCc1ccc(Cl)cc1)OCCCc1ccc(Cl)cc1. The summed E-state index contributed by atoms with van der Waals surface area (Å²) in [6.45, 7) is 0.447. The Hall–Kier alpha value is -1.51. The maximum atomic E-state index is 11.7. The molecule has 0 aliphatic rings. The number of esters is 1. The molecule has 0 fully saturated rings. The molecule has 2 rings (SSSR count). The van der Waals surface area contributed by atoms with Gasteiger partial charge in [0.1, 0.15) is 0 Å². The number of carbonyl (C=O) groups is 1. The van der Waals surface area contributed by atoms with Crippen LogP contribution in [0.3, 0.4) is 0 Å². The summed E-state index contributed by atoms with van der Waals surface area (Å²) in [4.78, 5) is 11.7. The van der Waals surface area contributed by atoms with E-state index in [0.29, 0.717) is 24.5 Å². The normalized spacial score (nSPS) is 10.5. The first kappa shape index (κ1) is 16.9. The highest BCUT2D eigenvalue weighted by Gasteiger charge is 2.04. The molecule has 0 radical (unpaired) electrons. The highest BCUT2D eigenvalue weighted by atomic mass is 35.5. The third-order valence-corrected chi connectivity index (χ3v) is 3.82. The average Bonchev–Trinajstić information content (AvgIpc) is 2.53. The molecule has 22 heavy (non-hydrogen) atoms. The van der Waals surface area contributed by atoms with Crippen molar-refractivity contribution in [2.24, 2.45) is 0 Å². The van der Waals surface area contributed by atoms with Gasteiger partial charge in [0.2, 0.25) is 0 Å². The molecular weight excluding hydrogens is 319 g/mol. The number of halogens is 2. The quantitative estimate of drug-likeness (QED) is 0.519. The monoisotopic (exact) mass is 336 g/mol. The van der Waals surface area contributed by atoms with Crippen molar-refractivity contribution in [2.45, 2.75) is 25.7 Å². The van der Waals surface area contributed by atoms with E-state index in [4.69, 9.17) is 27.9 Å². The Morgan fingerprint density at radius 1 is 0.818 bits per heavy atom. The van der Waals surface area contributed by atoms with Gasteiger partial charge in [-0.3, -0.25) is 4.79 Å². The van der Waals surface area contributed by atoms with Gasteiger partial charge in [-0.2, -0.15) is 0 Å². The van der Waals surface area contributed by atoms with Gasteiger partial charge in [0.15, 0.2) is 0 Å². The highest BCUT2D eigenvalue weighted by molar-refractivity contribution is 6.30. The molecule has 0 aromatic heterocycles. The number of carbonyl (C=O) groups excluding carboxylic acids is 1. The Balaban J connectivity index is 1.61. The van der Waals surface area contributed by atoms with E-state index in [-0.39, 0.29) is 5.97 Å². The van der Waals surface area contributed by atoms with Crippen LogP contribution in [0, 0.1) is 0 Å². The van der Waals surface area contributed by atoms with Crippen LogP contribution in [-0.4, -0.2) is 12.6 Å². The van der Waals surface area contributed by atoms with Gasteiger partial charge in [0.05, 0.1) is 6.61 Å². The van der Waals surface area contributed by atoms with Crippen molar-refractivity contribution >= 4 is 29.2 Å². The summed E-state index contributed by atoms with van der Waals surface area (Å²) in [5.74, 6) is -0.161. The fourth-order valence-electron chi connectivity index (χ4n) is 2.08. The Bertz CT molecular complexity index is 591. The molecule has 4 heteroatoms. The third-order valence-electron chi connectivity index (χ3n) is 3.32. The second-order valence-electron chi connectivity index (χ2n) is 5.08. The minimum Gasteiger partial charge on any atom is -0.466 e. The van der Waals surface area contributed by atoms with E-state index in [9.17, 15) is 4.79 Å². The first-order chi connectivity index (χ1) is 10.6. The highest BCUT2D eigenvalue weighted by Crippen LogP contribution is 2.12. The second-order valence-corrected chi connectivity index (χ2v) is 5.95. The molecule has 0 atom stereocenters. The predicted octanol–water partition coefficient (Wildman–Crippen LogP) is 5.10. The van der Waals surface area contributed by atoms with E-state index >= 15 is 0 Å². The van der Waals surface area contributed by atoms with Crippen molar-refractivity contribution in [3.8, 4) is 0 Å². The molecule has 0 aliphatic carbocycles. The first-order valence-electron chi connectivity index (χ1n) is 7.28. The van der Waals surface area contributed by atoms with Gasteiger partial charge < -0.3 is 4.74 Å². The first-order valence-corrected chi connectivity index (χ1v) is 8.03. The van der Waals surface area contributed by atoms with Crippen LogP contribution in [0.25, 0.3) is 0 Å². The van der Waals surface area contributed by atoms with Crippen LogP contribution in [0.5, 0.6) is 0 Å². The van der Waals surface area contributed by atoms with Crippen molar-refractivity contribution in [1.29, 1.82) is 0 Å². The second kappa shape index (κ2) is 8.82. The summed E-state index contributed by atoms with van der Waals surface area (Å²) in [7, 11) is 0. The number of aryl methyl sites for hydroxylation is 2. The molecule has 2 aromatic carbocycles. The van der Waals surface area contributed by atoms with E-state index in [1.54, 1.807) is 0 Å². The third kappa shape index (κ3) is 6.08. The number of benzene rings is 2. The van der Waals surface area contributed by atoms with Crippen LogP contribution >= 0.6 is 23.2 Å². The topological polar surface area (TPSA) is 26.3 Å². The molecule has 2 aromatic rings. The molecule has 0 amide bonds. The van der Waals surface area contributed by atoms with Crippen molar-refractivity contribution in [1.82, 2.24) is 0 Å². The number of ether oxygens (including phenoxy) is 1. The summed E-state index contributed by atoms with van der Waals surface area (Å²) < 4.78 is 5.24. The molecular formula is C18H18Cl2O2. The number of hydrogen-bond acceptors (Lipinski definition) is 2. The molecule has 0 N–H and O–H groups in total. The molecule has 0 bridgehead atoms. The van der Waals surface area contributed by atoms with Gasteiger partial charge >= 0.3 is 5.97 Å². The zero-order chi connectivity index (χ0) is 15.8. The minimum atomic E-state index is -0.161. The zero-order valence-electron chi connectivity index (χ0n) is 12.2. The van der Waals surface area contributed by atoms with Crippen molar-refractivity contribution in [2.75, 3.05) is 6.61 Å². The summed E-state index contributed by atoms with van der Waals surface area (Å²) in [5, 5.41) is 1.44. The number of hydrogen-bond donors (Lipinski definition) is 0. The van der Waals surface area contributed by atoms with E-state index < -0.39 is 0 Å². The Kier molecular flexibility index (Phi) is 6.75. The predicted molar refractivity (Wildman–Crippen MR) is 90.5 cm³/mol. The lowest BCUT2D eigenvalue weighted by Crippen LogP contribution is -2.07. The van der Waals surface area contributed by atoms with Gasteiger partial charge in [-0.05, 0) is 54.7 Å². The van der Waals surface area contributed by atoms with Crippen molar-refractivity contribution in [3.05, 3.63) is 69.7 Å². The maximum Gasteiger partial charge on any atom is 0.306 e. The summed E-state index contributed by atoms with van der Waals surface area (Å²) in [6.07, 6.45) is 2.76. The fourth-order valence-corrected chi connectivity index (χ4v) is 2.33. The Labute approximate surface area is 141 Å². The van der Waals surface area contributed by atoms with Crippen LogP contribution < -0.4 is 0 Å². The van der Waals surface area contributed by atoms with Crippen LogP contribution in [0.2, 0.25) is 10.0 Å². The van der Waals surface area contributed by atoms with E-state index in [2.05, 4.69) is 0 Å². The van der Waals surface area contributed by atoms with E-state index in [0.717, 1.165) is 23.4 Å². The zero-order valence-corrected chi connectivity index (χ0v) is 13.7. The van der Waals surface area contributed by atoms with Crippen LogP contribution in [0.4, 0.5) is 0 Å². The van der Waals surface area contributed by atoms with Crippen LogP contribution in [0.15, 0.2) is 48.5 Å². The lowest BCUT2D eigenvalue weighted by atomic mass is 10.1. The van der Waals surface area contributed by atoms with Gasteiger partial charge in [0, 0.05) is 16.5 Å². The minimum absolute atomic E-state index is 0.161. The molecule has 0 saturated carbocycles. The van der Waals surface area contributed by atoms with Crippen molar-refractivity contribution < 1.29 is 9.53 Å². The van der Waals surface area contributed by atoms with Crippen molar-refractivity contribution in [3.63, 3.8) is 0 Å². The molecule has 0 aliphatic heterocycles. The molecule has 0 spiro atoms.